The lowest BCUT2D eigenvalue weighted by Gasteiger charge is -2.15. The molecule has 0 bridgehead atoms. The molecule has 0 aliphatic carbocycles. The highest BCUT2D eigenvalue weighted by molar-refractivity contribution is 5.62. The second-order valence-electron chi connectivity index (χ2n) is 5.13. The van der Waals surface area contributed by atoms with E-state index in [1.807, 2.05) is 6.20 Å². The van der Waals surface area contributed by atoms with Crippen LogP contribution in [-0.4, -0.2) is 28.0 Å². The predicted octanol–water partition coefficient (Wildman–Crippen LogP) is 2.64. The van der Waals surface area contributed by atoms with Crippen molar-refractivity contribution in [2.24, 2.45) is 0 Å². The van der Waals surface area contributed by atoms with E-state index in [2.05, 4.69) is 53.6 Å². The van der Waals surface area contributed by atoms with Crippen LogP contribution in [0, 0.1) is 6.92 Å². The molecule has 1 atom stereocenters. The quantitative estimate of drug-likeness (QED) is 0.727. The van der Waals surface area contributed by atoms with Gasteiger partial charge in [0, 0.05) is 24.8 Å². The topological polar surface area (TPSA) is 60.9 Å². The van der Waals surface area contributed by atoms with Crippen LogP contribution in [-0.2, 0) is 6.54 Å². The molecule has 0 spiro atoms. The predicted molar refractivity (Wildman–Crippen MR) is 81.4 cm³/mol. The fourth-order valence-corrected chi connectivity index (χ4v) is 2.28. The van der Waals surface area contributed by atoms with Crippen molar-refractivity contribution >= 4 is 0 Å². The van der Waals surface area contributed by atoms with Crippen LogP contribution in [0.1, 0.15) is 30.9 Å². The Balaban J connectivity index is 2.07. The van der Waals surface area contributed by atoms with Gasteiger partial charge in [0.2, 0.25) is 0 Å². The fraction of sp³-hybridized carbons (Fsp3) is 0.438. The first kappa shape index (κ1) is 14.8. The summed E-state index contributed by atoms with van der Waals surface area (Å²) in [6.07, 6.45) is 3.67. The van der Waals surface area contributed by atoms with Gasteiger partial charge in [-0.25, -0.2) is 0 Å². The molecule has 1 heterocycles. The first-order valence-electron chi connectivity index (χ1n) is 7.18. The summed E-state index contributed by atoms with van der Waals surface area (Å²) in [5.74, 6) is 0. The van der Waals surface area contributed by atoms with Gasteiger partial charge in [0.25, 0.3) is 0 Å². The van der Waals surface area contributed by atoms with Crippen molar-refractivity contribution in [3.63, 3.8) is 0 Å². The van der Waals surface area contributed by atoms with Crippen molar-refractivity contribution < 1.29 is 5.11 Å². The monoisotopic (exact) mass is 273 g/mol. The molecule has 0 aliphatic heterocycles. The number of aromatic amines is 1. The summed E-state index contributed by atoms with van der Waals surface area (Å²) in [7, 11) is 0. The number of rotatable bonds is 7. The largest absolute Gasteiger partial charge is 0.396 e. The molecular formula is C16H23N3O. The summed E-state index contributed by atoms with van der Waals surface area (Å²) in [4.78, 5) is 0. The van der Waals surface area contributed by atoms with E-state index in [-0.39, 0.29) is 6.61 Å². The van der Waals surface area contributed by atoms with E-state index in [1.54, 1.807) is 0 Å². The number of hydrogen-bond acceptors (Lipinski definition) is 3. The van der Waals surface area contributed by atoms with E-state index in [4.69, 9.17) is 5.11 Å². The molecule has 0 saturated heterocycles. The van der Waals surface area contributed by atoms with E-state index in [0.29, 0.717) is 6.04 Å². The summed E-state index contributed by atoms with van der Waals surface area (Å²) >= 11 is 0. The van der Waals surface area contributed by atoms with Gasteiger partial charge in [0.05, 0.1) is 11.9 Å². The van der Waals surface area contributed by atoms with Gasteiger partial charge in [-0.3, -0.25) is 5.10 Å². The molecular weight excluding hydrogens is 250 g/mol. The van der Waals surface area contributed by atoms with Gasteiger partial charge in [-0.2, -0.15) is 5.10 Å². The number of benzene rings is 1. The lowest BCUT2D eigenvalue weighted by Crippen LogP contribution is -2.28. The number of nitrogens with one attached hydrogen (secondary N) is 2. The molecule has 108 valence electrons. The number of aryl methyl sites for hydroxylation is 1. The third-order valence-corrected chi connectivity index (χ3v) is 3.61. The second-order valence-corrected chi connectivity index (χ2v) is 5.13. The van der Waals surface area contributed by atoms with E-state index in [0.717, 1.165) is 36.2 Å². The zero-order valence-corrected chi connectivity index (χ0v) is 12.2. The molecule has 0 saturated carbocycles. The minimum Gasteiger partial charge on any atom is -0.396 e. The Morgan fingerprint density at radius 3 is 2.70 bits per heavy atom. The molecule has 1 aromatic carbocycles. The standard InChI is InChI=1S/C16H23N3O/c1-3-15(8-9-20)17-10-14-11-18-19-16(14)13-6-4-12(2)5-7-13/h4-7,11,15,17,20H,3,8-10H2,1-2H3,(H,18,19). The van der Waals surface area contributed by atoms with Gasteiger partial charge in [-0.1, -0.05) is 36.8 Å². The number of aliphatic hydroxyl groups excluding tert-OH is 1. The van der Waals surface area contributed by atoms with Gasteiger partial charge in [0.15, 0.2) is 0 Å². The normalized spacial score (nSPS) is 12.6. The van der Waals surface area contributed by atoms with Crippen molar-refractivity contribution in [1.29, 1.82) is 0 Å². The zero-order chi connectivity index (χ0) is 14.4. The Bertz CT molecular complexity index is 519. The maximum Gasteiger partial charge on any atom is 0.0695 e. The van der Waals surface area contributed by atoms with E-state index in [1.165, 1.54) is 5.56 Å². The molecule has 1 unspecified atom stereocenters. The van der Waals surface area contributed by atoms with Crippen LogP contribution < -0.4 is 5.32 Å². The van der Waals surface area contributed by atoms with Gasteiger partial charge in [-0.05, 0) is 25.3 Å². The average Bonchev–Trinajstić information content (AvgIpc) is 2.92. The molecule has 4 nitrogen and oxygen atoms in total. The third-order valence-electron chi connectivity index (χ3n) is 3.61. The molecule has 2 aromatic rings. The first-order valence-corrected chi connectivity index (χ1v) is 7.18. The molecule has 1 aromatic heterocycles. The van der Waals surface area contributed by atoms with Crippen molar-refractivity contribution in [1.82, 2.24) is 15.5 Å². The van der Waals surface area contributed by atoms with Crippen molar-refractivity contribution in [3.05, 3.63) is 41.6 Å². The molecule has 0 amide bonds. The fourth-order valence-electron chi connectivity index (χ4n) is 2.28. The average molecular weight is 273 g/mol. The van der Waals surface area contributed by atoms with Gasteiger partial charge in [0.1, 0.15) is 0 Å². The maximum absolute atomic E-state index is 9.03. The number of H-pyrrole nitrogens is 1. The van der Waals surface area contributed by atoms with Crippen molar-refractivity contribution in [3.8, 4) is 11.3 Å². The van der Waals surface area contributed by atoms with E-state index in [9.17, 15) is 0 Å². The summed E-state index contributed by atoms with van der Waals surface area (Å²) in [5.41, 5.74) is 4.63. The summed E-state index contributed by atoms with van der Waals surface area (Å²) < 4.78 is 0. The van der Waals surface area contributed by atoms with Crippen molar-refractivity contribution in [2.75, 3.05) is 6.61 Å². The third kappa shape index (κ3) is 3.68. The highest BCUT2D eigenvalue weighted by Gasteiger charge is 2.10. The molecule has 0 aliphatic rings. The van der Waals surface area contributed by atoms with Crippen LogP contribution >= 0.6 is 0 Å². The Kier molecular flexibility index (Phi) is 5.32. The maximum atomic E-state index is 9.03. The summed E-state index contributed by atoms with van der Waals surface area (Å²) in [5, 5.41) is 19.7. The Morgan fingerprint density at radius 1 is 1.30 bits per heavy atom. The molecule has 2 rings (SSSR count). The Hall–Kier alpha value is -1.65. The number of hydrogen-bond donors (Lipinski definition) is 3. The highest BCUT2D eigenvalue weighted by atomic mass is 16.3. The van der Waals surface area contributed by atoms with Gasteiger partial charge in [-0.15, -0.1) is 0 Å². The van der Waals surface area contributed by atoms with Gasteiger partial charge >= 0.3 is 0 Å². The van der Waals surface area contributed by atoms with Crippen molar-refractivity contribution in [2.45, 2.75) is 39.3 Å². The molecule has 20 heavy (non-hydrogen) atoms. The second kappa shape index (κ2) is 7.22. The molecule has 0 fully saturated rings. The van der Waals surface area contributed by atoms with Crippen LogP contribution in [0.5, 0.6) is 0 Å². The minimum atomic E-state index is 0.224. The lowest BCUT2D eigenvalue weighted by atomic mass is 10.1. The Morgan fingerprint density at radius 2 is 2.05 bits per heavy atom. The molecule has 3 N–H and O–H groups in total. The lowest BCUT2D eigenvalue weighted by molar-refractivity contribution is 0.262. The Labute approximate surface area is 120 Å². The SMILES string of the molecule is CCC(CCO)NCc1cn[nH]c1-c1ccc(C)cc1. The van der Waals surface area contributed by atoms with Gasteiger partial charge < -0.3 is 10.4 Å². The van der Waals surface area contributed by atoms with Crippen LogP contribution in [0.2, 0.25) is 0 Å². The van der Waals surface area contributed by atoms with Crippen LogP contribution in [0.15, 0.2) is 30.5 Å². The highest BCUT2D eigenvalue weighted by Crippen LogP contribution is 2.21. The summed E-state index contributed by atoms with van der Waals surface area (Å²) in [6, 6.07) is 8.78. The minimum absolute atomic E-state index is 0.224. The van der Waals surface area contributed by atoms with Crippen LogP contribution in [0.4, 0.5) is 0 Å². The zero-order valence-electron chi connectivity index (χ0n) is 12.2. The van der Waals surface area contributed by atoms with E-state index >= 15 is 0 Å². The number of nitrogens with zero attached hydrogens (tertiary/aromatic N) is 1. The number of aromatic nitrogens is 2. The molecule has 0 radical (unpaired) electrons. The van der Waals surface area contributed by atoms with E-state index < -0.39 is 0 Å². The first-order chi connectivity index (χ1) is 9.74. The van der Waals surface area contributed by atoms with Crippen LogP contribution in [0.3, 0.4) is 0 Å². The van der Waals surface area contributed by atoms with Crippen LogP contribution in [0.25, 0.3) is 11.3 Å². The number of aliphatic hydroxyl groups is 1. The summed E-state index contributed by atoms with van der Waals surface area (Å²) in [6.45, 7) is 5.20. The molecule has 4 heteroatoms. The smallest absolute Gasteiger partial charge is 0.0695 e.